The van der Waals surface area contributed by atoms with Crippen LogP contribution in [0.25, 0.3) is 11.1 Å². The van der Waals surface area contributed by atoms with E-state index in [2.05, 4.69) is 29.6 Å². The van der Waals surface area contributed by atoms with E-state index in [0.29, 0.717) is 32.2 Å². The molecule has 7 heteroatoms. The van der Waals surface area contributed by atoms with Gasteiger partial charge in [-0.15, -0.1) is 0 Å². The Labute approximate surface area is 192 Å². The third-order valence-corrected chi connectivity index (χ3v) is 7.37. The molecular weight excluding hydrogens is 420 g/mol. The summed E-state index contributed by atoms with van der Waals surface area (Å²) in [6.45, 7) is 0.675. The molecule has 1 saturated carbocycles. The fourth-order valence-corrected chi connectivity index (χ4v) is 5.51. The first-order valence-corrected chi connectivity index (χ1v) is 11.6. The molecule has 5 rings (SSSR count). The first-order chi connectivity index (χ1) is 16.0. The normalized spacial score (nSPS) is 20.5. The van der Waals surface area contributed by atoms with Crippen molar-refractivity contribution in [2.24, 2.45) is 0 Å². The van der Waals surface area contributed by atoms with Gasteiger partial charge in [0.05, 0.1) is 12.0 Å². The van der Waals surface area contributed by atoms with E-state index in [1.54, 1.807) is 0 Å². The van der Waals surface area contributed by atoms with E-state index in [-0.39, 0.29) is 24.9 Å². The number of carbonyl (C=O) groups excluding carboxylic acids is 2. The van der Waals surface area contributed by atoms with Crippen LogP contribution >= 0.6 is 0 Å². The van der Waals surface area contributed by atoms with E-state index in [1.165, 1.54) is 16.0 Å². The number of rotatable bonds is 6. The van der Waals surface area contributed by atoms with Crippen LogP contribution in [-0.4, -0.2) is 52.7 Å². The summed E-state index contributed by atoms with van der Waals surface area (Å²) in [4.78, 5) is 38.5. The third-order valence-electron chi connectivity index (χ3n) is 7.37. The molecule has 2 aromatic rings. The summed E-state index contributed by atoms with van der Waals surface area (Å²) in [7, 11) is 0. The molecule has 7 nitrogen and oxygen atoms in total. The Morgan fingerprint density at radius 2 is 1.64 bits per heavy atom. The van der Waals surface area contributed by atoms with Crippen LogP contribution in [0.3, 0.4) is 0 Å². The van der Waals surface area contributed by atoms with Crippen molar-refractivity contribution in [1.82, 2.24) is 10.2 Å². The number of alkyl carbamates (subject to hydrolysis) is 1. The molecule has 3 aliphatic rings. The molecule has 1 aliphatic heterocycles. The van der Waals surface area contributed by atoms with Crippen LogP contribution in [0.1, 0.15) is 55.6 Å². The minimum atomic E-state index is -0.965. The van der Waals surface area contributed by atoms with Gasteiger partial charge in [-0.1, -0.05) is 48.5 Å². The van der Waals surface area contributed by atoms with Crippen LogP contribution in [0, 0.1) is 0 Å². The molecule has 1 saturated heterocycles. The van der Waals surface area contributed by atoms with Crippen molar-refractivity contribution in [1.29, 1.82) is 0 Å². The highest BCUT2D eigenvalue weighted by Crippen LogP contribution is 2.44. The number of nitrogens with one attached hydrogen (secondary N) is 1. The van der Waals surface area contributed by atoms with Gasteiger partial charge >= 0.3 is 12.1 Å². The molecule has 0 aromatic heterocycles. The lowest BCUT2D eigenvalue weighted by atomic mass is 9.74. The van der Waals surface area contributed by atoms with Gasteiger partial charge in [0.15, 0.2) is 0 Å². The second-order valence-corrected chi connectivity index (χ2v) is 9.34. The Morgan fingerprint density at radius 1 is 1.00 bits per heavy atom. The molecule has 172 valence electrons. The fourth-order valence-electron chi connectivity index (χ4n) is 5.51. The second kappa shape index (κ2) is 8.54. The van der Waals surface area contributed by atoms with Gasteiger partial charge in [0.25, 0.3) is 0 Å². The van der Waals surface area contributed by atoms with Gasteiger partial charge in [-0.3, -0.25) is 4.79 Å². The molecule has 2 aliphatic carbocycles. The average molecular weight is 449 g/mol. The lowest BCUT2D eigenvalue weighted by Crippen LogP contribution is -2.57. The summed E-state index contributed by atoms with van der Waals surface area (Å²) < 4.78 is 5.67. The van der Waals surface area contributed by atoms with Gasteiger partial charge in [-0.2, -0.15) is 0 Å². The predicted octanol–water partition coefficient (Wildman–Crippen LogP) is 3.91. The fraction of sp³-hybridized carbons (Fsp3) is 0.423. The number of hydrogen-bond acceptors (Lipinski definition) is 4. The number of carboxylic acids is 1. The van der Waals surface area contributed by atoms with Crippen molar-refractivity contribution in [2.75, 3.05) is 13.2 Å². The predicted molar refractivity (Wildman–Crippen MR) is 122 cm³/mol. The Kier molecular flexibility index (Phi) is 5.56. The minimum Gasteiger partial charge on any atom is -0.480 e. The Morgan fingerprint density at radius 3 is 2.21 bits per heavy atom. The van der Waals surface area contributed by atoms with E-state index >= 15 is 0 Å². The molecule has 1 heterocycles. The number of amides is 2. The zero-order valence-corrected chi connectivity index (χ0v) is 18.5. The van der Waals surface area contributed by atoms with E-state index in [1.807, 2.05) is 24.3 Å². The van der Waals surface area contributed by atoms with Crippen molar-refractivity contribution in [2.45, 2.75) is 56.0 Å². The van der Waals surface area contributed by atoms with Gasteiger partial charge < -0.3 is 20.1 Å². The zero-order chi connectivity index (χ0) is 23.0. The van der Waals surface area contributed by atoms with E-state index in [9.17, 15) is 19.5 Å². The van der Waals surface area contributed by atoms with Crippen LogP contribution in [0.5, 0.6) is 0 Å². The third kappa shape index (κ3) is 3.96. The average Bonchev–Trinajstić information content (AvgIpc) is 3.40. The Bertz CT molecular complexity index is 1050. The van der Waals surface area contributed by atoms with Crippen LogP contribution in [0.4, 0.5) is 4.79 Å². The first-order valence-electron chi connectivity index (χ1n) is 11.6. The number of fused-ring (bicyclic) bond motifs is 3. The van der Waals surface area contributed by atoms with Crippen LogP contribution in [-0.2, 0) is 14.3 Å². The second-order valence-electron chi connectivity index (χ2n) is 9.34. The molecule has 2 aromatic carbocycles. The summed E-state index contributed by atoms with van der Waals surface area (Å²) in [5.74, 6) is -1.20. The van der Waals surface area contributed by atoms with Gasteiger partial charge in [-0.05, 0) is 54.4 Å². The van der Waals surface area contributed by atoms with Gasteiger partial charge in [0, 0.05) is 12.5 Å². The zero-order valence-electron chi connectivity index (χ0n) is 18.5. The number of carbonyl (C=O) groups is 3. The SMILES string of the molecule is O=C(NC1(CC(=O)N2CCCC2C(=O)O)CCC1)OCC1c2ccccc2-c2ccccc21. The summed E-state index contributed by atoms with van der Waals surface area (Å²) in [6, 6.07) is 15.6. The number of likely N-dealkylation sites (tertiary alicyclic amines) is 1. The standard InChI is InChI=1S/C26H28N2O5/c29-23(28-14-5-11-22(28)24(30)31)15-26(12-6-13-26)27-25(32)33-16-21-19-9-3-1-7-17(19)18-8-2-4-10-20(18)21/h1-4,7-10,21-22H,5-6,11-16H2,(H,27,32)(H,30,31). The number of ether oxygens (including phenoxy) is 1. The number of nitrogens with zero attached hydrogens (tertiary/aromatic N) is 1. The molecule has 0 radical (unpaired) electrons. The monoisotopic (exact) mass is 448 g/mol. The lowest BCUT2D eigenvalue weighted by Gasteiger charge is -2.42. The van der Waals surface area contributed by atoms with Gasteiger partial charge in [0.1, 0.15) is 12.6 Å². The summed E-state index contributed by atoms with van der Waals surface area (Å²) in [5.41, 5.74) is 3.98. The van der Waals surface area contributed by atoms with Crippen molar-refractivity contribution in [3.8, 4) is 11.1 Å². The molecular formula is C26H28N2O5. The highest BCUT2D eigenvalue weighted by atomic mass is 16.5. The van der Waals surface area contributed by atoms with E-state index in [0.717, 1.165) is 17.5 Å². The van der Waals surface area contributed by atoms with Crippen molar-refractivity contribution >= 4 is 18.0 Å². The van der Waals surface area contributed by atoms with E-state index in [4.69, 9.17) is 4.74 Å². The smallest absolute Gasteiger partial charge is 0.407 e. The highest BCUT2D eigenvalue weighted by molar-refractivity contribution is 5.85. The molecule has 2 amide bonds. The summed E-state index contributed by atoms with van der Waals surface area (Å²) >= 11 is 0. The van der Waals surface area contributed by atoms with Gasteiger partial charge in [-0.25, -0.2) is 9.59 Å². The van der Waals surface area contributed by atoms with Gasteiger partial charge in [0.2, 0.25) is 5.91 Å². The van der Waals surface area contributed by atoms with Crippen molar-refractivity contribution < 1.29 is 24.2 Å². The number of carboxylic acid groups (broad SMARTS) is 1. The molecule has 0 spiro atoms. The molecule has 1 atom stereocenters. The lowest BCUT2D eigenvalue weighted by molar-refractivity contribution is -0.149. The topological polar surface area (TPSA) is 95.9 Å². The summed E-state index contributed by atoms with van der Waals surface area (Å²) in [6.07, 6.45) is 3.05. The molecule has 1 unspecified atom stereocenters. The summed E-state index contributed by atoms with van der Waals surface area (Å²) in [5, 5.41) is 12.3. The van der Waals surface area contributed by atoms with Crippen molar-refractivity contribution in [3.63, 3.8) is 0 Å². The largest absolute Gasteiger partial charge is 0.480 e. The highest BCUT2D eigenvalue weighted by Gasteiger charge is 2.44. The number of benzene rings is 2. The van der Waals surface area contributed by atoms with Crippen molar-refractivity contribution in [3.05, 3.63) is 59.7 Å². The number of hydrogen-bond donors (Lipinski definition) is 2. The van der Waals surface area contributed by atoms with E-state index < -0.39 is 23.6 Å². The Balaban J connectivity index is 1.23. The minimum absolute atomic E-state index is 0.0250. The van der Waals surface area contributed by atoms with Crippen LogP contribution < -0.4 is 5.32 Å². The van der Waals surface area contributed by atoms with Crippen LogP contribution in [0.2, 0.25) is 0 Å². The first kappa shape index (κ1) is 21.5. The van der Waals surface area contributed by atoms with Crippen LogP contribution in [0.15, 0.2) is 48.5 Å². The Hall–Kier alpha value is -3.35. The molecule has 33 heavy (non-hydrogen) atoms. The maximum atomic E-state index is 12.9. The molecule has 2 N–H and O–H groups in total. The number of aliphatic carboxylic acids is 1. The quantitative estimate of drug-likeness (QED) is 0.699. The molecule has 2 fully saturated rings. The maximum Gasteiger partial charge on any atom is 0.407 e. The molecule has 0 bridgehead atoms. The maximum absolute atomic E-state index is 12.9.